The molecule has 0 fully saturated rings. The van der Waals surface area contributed by atoms with Crippen molar-refractivity contribution in [3.63, 3.8) is 0 Å². The Hall–Kier alpha value is -1.55. The third kappa shape index (κ3) is 3.59. The van der Waals surface area contributed by atoms with E-state index < -0.39 is 7.80 Å². The minimum atomic E-state index is -1.36. The summed E-state index contributed by atoms with van der Waals surface area (Å²) < 4.78 is 12.3. The Morgan fingerprint density at radius 2 is 2.40 bits per heavy atom. The molecule has 1 aromatic rings. The number of carbonyl (C=O) groups excluding carboxylic acids is 1. The van der Waals surface area contributed by atoms with Crippen LogP contribution in [0.1, 0.15) is 12.7 Å². The third-order valence-electron chi connectivity index (χ3n) is 1.45. The molecule has 15 heavy (non-hydrogen) atoms. The van der Waals surface area contributed by atoms with Crippen LogP contribution >= 0.6 is 7.80 Å². The Morgan fingerprint density at radius 3 is 2.93 bits per heavy atom. The van der Waals surface area contributed by atoms with Crippen LogP contribution in [0.15, 0.2) is 12.4 Å². The van der Waals surface area contributed by atoms with Crippen molar-refractivity contribution in [2.45, 2.75) is 13.2 Å². The van der Waals surface area contributed by atoms with E-state index >= 15 is 0 Å². The molecular weight excluding hydrogens is 217 g/mol. The van der Waals surface area contributed by atoms with Crippen LogP contribution in [-0.4, -0.2) is 32.3 Å². The maximum absolute atomic E-state index is 10.9. The Morgan fingerprint density at radius 1 is 1.73 bits per heavy atom. The van der Waals surface area contributed by atoms with Gasteiger partial charge in [-0.3, -0.25) is 4.79 Å². The Labute approximate surface area is 87.4 Å². The van der Waals surface area contributed by atoms with Gasteiger partial charge >= 0.3 is 7.80 Å². The summed E-state index contributed by atoms with van der Waals surface area (Å²) in [4.78, 5) is 14.4. The fourth-order valence-corrected chi connectivity index (χ4v) is 1.49. The van der Waals surface area contributed by atoms with Gasteiger partial charge in [0.05, 0.1) is 0 Å². The maximum Gasteiger partial charge on any atom is 0.358 e. The predicted molar refractivity (Wildman–Crippen MR) is 54.8 cm³/mol. The quantitative estimate of drug-likeness (QED) is 0.475. The fourth-order valence-electron chi connectivity index (χ4n) is 0.941. The molecule has 0 saturated carbocycles. The summed E-state index contributed by atoms with van der Waals surface area (Å²) in [6, 6.07) is 0. The molecule has 0 aromatic carbocycles. The second-order valence-corrected chi connectivity index (χ2v) is 4.56. The van der Waals surface area contributed by atoms with E-state index in [9.17, 15) is 14.5 Å². The maximum atomic E-state index is 10.9. The second kappa shape index (κ2) is 4.79. The lowest BCUT2D eigenvalue weighted by molar-refractivity contribution is -0.112. The van der Waals surface area contributed by atoms with Crippen LogP contribution in [0.3, 0.4) is 0 Å². The summed E-state index contributed by atoms with van der Waals surface area (Å²) in [7, 11) is -1.36. The number of aromatic nitrogens is 3. The summed E-state index contributed by atoms with van der Waals surface area (Å²) in [6.45, 7) is 2.89. The summed E-state index contributed by atoms with van der Waals surface area (Å²) in [5, 5.41) is 13.2. The van der Waals surface area contributed by atoms with Crippen molar-refractivity contribution in [3.8, 4) is 0 Å². The van der Waals surface area contributed by atoms with Crippen molar-refractivity contribution in [2.24, 2.45) is 0 Å². The first-order valence-corrected chi connectivity index (χ1v) is 6.07. The molecule has 1 unspecified atom stereocenters. The van der Waals surface area contributed by atoms with E-state index in [1.165, 1.54) is 17.9 Å². The van der Waals surface area contributed by atoms with Gasteiger partial charge in [0, 0.05) is 6.08 Å². The molecule has 1 aromatic heterocycles. The van der Waals surface area contributed by atoms with Gasteiger partial charge in [0.25, 0.3) is 0 Å². The number of carbonyl (C=O) groups is 1. The normalized spacial score (nSPS) is 12.7. The molecule has 7 heteroatoms. The molecule has 0 aliphatic heterocycles. The first-order valence-electron chi connectivity index (χ1n) is 4.18. The lowest BCUT2D eigenvalue weighted by Crippen LogP contribution is -1.96. The highest BCUT2D eigenvalue weighted by Gasteiger charge is 2.11. The average Bonchev–Trinajstić information content (AvgIpc) is 2.50. The number of ketones is 1. The number of aliphatic hydroxyl groups is 1. The SMILES string of the molecule is CC(=O)/C=C(\O)c1ncn(C[P+](C)=O)n1. The van der Waals surface area contributed by atoms with E-state index in [1.54, 1.807) is 6.66 Å². The Balaban J connectivity index is 2.84. The zero-order valence-corrected chi connectivity index (χ0v) is 9.31. The van der Waals surface area contributed by atoms with Crippen molar-refractivity contribution in [1.29, 1.82) is 0 Å². The highest BCUT2D eigenvalue weighted by molar-refractivity contribution is 7.42. The molecular formula is C8H11N3O3P+. The molecule has 6 nitrogen and oxygen atoms in total. The van der Waals surface area contributed by atoms with Crippen molar-refractivity contribution in [2.75, 3.05) is 6.66 Å². The summed E-state index contributed by atoms with van der Waals surface area (Å²) >= 11 is 0. The summed E-state index contributed by atoms with van der Waals surface area (Å²) in [5.74, 6) is -0.514. The molecule has 0 radical (unpaired) electrons. The molecule has 1 atom stereocenters. The van der Waals surface area contributed by atoms with E-state index in [2.05, 4.69) is 10.1 Å². The topological polar surface area (TPSA) is 85.1 Å². The molecule has 1 heterocycles. The third-order valence-corrected chi connectivity index (χ3v) is 2.14. The van der Waals surface area contributed by atoms with Crippen molar-refractivity contribution < 1.29 is 14.5 Å². The van der Waals surface area contributed by atoms with Crippen LogP contribution < -0.4 is 0 Å². The van der Waals surface area contributed by atoms with Gasteiger partial charge in [-0.05, 0) is 6.92 Å². The zero-order valence-electron chi connectivity index (χ0n) is 8.41. The molecule has 0 aliphatic carbocycles. The molecule has 1 N–H and O–H groups in total. The van der Waals surface area contributed by atoms with Gasteiger partial charge in [-0.15, -0.1) is 5.10 Å². The van der Waals surface area contributed by atoms with Gasteiger partial charge < -0.3 is 5.11 Å². The van der Waals surface area contributed by atoms with Gasteiger partial charge in [0.1, 0.15) is 13.0 Å². The lowest BCUT2D eigenvalue weighted by Gasteiger charge is -1.90. The van der Waals surface area contributed by atoms with Crippen LogP contribution in [0.5, 0.6) is 0 Å². The number of hydrogen-bond acceptors (Lipinski definition) is 5. The Kier molecular flexibility index (Phi) is 3.68. The highest BCUT2D eigenvalue weighted by Crippen LogP contribution is 2.16. The predicted octanol–water partition coefficient (Wildman–Crippen LogP) is 1.18. The van der Waals surface area contributed by atoms with Crippen molar-refractivity contribution >= 4 is 19.3 Å². The van der Waals surface area contributed by atoms with E-state index in [0.717, 1.165) is 6.08 Å². The molecule has 0 bridgehead atoms. The van der Waals surface area contributed by atoms with Gasteiger partial charge in [0.2, 0.25) is 12.1 Å². The molecule has 0 spiro atoms. The number of hydrogen-bond donors (Lipinski definition) is 1. The smallest absolute Gasteiger partial charge is 0.358 e. The first kappa shape index (κ1) is 11.5. The molecule has 0 aliphatic rings. The fraction of sp³-hybridized carbons (Fsp3) is 0.375. The first-order chi connectivity index (χ1) is 6.99. The number of allylic oxidation sites excluding steroid dienone is 1. The average molecular weight is 228 g/mol. The molecule has 0 saturated heterocycles. The number of aliphatic hydroxyl groups excluding tert-OH is 1. The second-order valence-electron chi connectivity index (χ2n) is 3.02. The zero-order chi connectivity index (χ0) is 11.4. The standard InChI is InChI=1S/C8H10N3O3P/c1-6(12)3-7(13)8-9-4-11(10-8)5-15(2)14/h3-4H,5H2,1-2H3/p+1. The minimum Gasteiger partial charge on any atom is -0.504 e. The van der Waals surface area contributed by atoms with Crippen LogP contribution in [0.2, 0.25) is 0 Å². The summed E-state index contributed by atoms with van der Waals surface area (Å²) in [5.41, 5.74) is 0. The Bertz CT molecular complexity index is 425. The minimum absolute atomic E-state index is 0.0575. The largest absolute Gasteiger partial charge is 0.504 e. The van der Waals surface area contributed by atoms with Gasteiger partial charge in [-0.1, -0.05) is 4.57 Å². The van der Waals surface area contributed by atoms with Crippen LogP contribution in [0, 0.1) is 0 Å². The molecule has 1 rings (SSSR count). The highest BCUT2D eigenvalue weighted by atomic mass is 31.1. The number of rotatable bonds is 4. The van der Waals surface area contributed by atoms with E-state index in [0.29, 0.717) is 0 Å². The lowest BCUT2D eigenvalue weighted by atomic mass is 10.3. The van der Waals surface area contributed by atoms with Crippen LogP contribution in [-0.2, 0) is 15.6 Å². The van der Waals surface area contributed by atoms with E-state index in [-0.39, 0.29) is 23.7 Å². The van der Waals surface area contributed by atoms with Gasteiger partial charge in [-0.2, -0.15) is 0 Å². The van der Waals surface area contributed by atoms with Crippen LogP contribution in [0.4, 0.5) is 0 Å². The molecule has 80 valence electrons. The van der Waals surface area contributed by atoms with Gasteiger partial charge in [0.15, 0.2) is 11.5 Å². The summed E-state index contributed by atoms with van der Waals surface area (Å²) in [6.07, 6.45) is 2.64. The van der Waals surface area contributed by atoms with E-state index in [4.69, 9.17) is 0 Å². The van der Waals surface area contributed by atoms with Crippen molar-refractivity contribution in [1.82, 2.24) is 14.8 Å². The van der Waals surface area contributed by atoms with E-state index in [1.807, 2.05) is 0 Å². The van der Waals surface area contributed by atoms with Crippen molar-refractivity contribution in [3.05, 3.63) is 18.2 Å². The monoisotopic (exact) mass is 228 g/mol. The van der Waals surface area contributed by atoms with Crippen LogP contribution in [0.25, 0.3) is 5.76 Å². The molecule has 0 amide bonds. The number of nitrogens with zero attached hydrogens (tertiary/aromatic N) is 3. The van der Waals surface area contributed by atoms with Gasteiger partial charge in [-0.25, -0.2) is 9.67 Å².